The zero-order valence-electron chi connectivity index (χ0n) is 13.4. The number of sulfone groups is 1. The number of hydrogen-bond donors (Lipinski definition) is 1. The van der Waals surface area contributed by atoms with Crippen molar-refractivity contribution in [2.45, 2.75) is 5.03 Å². The molecule has 1 aliphatic heterocycles. The van der Waals surface area contributed by atoms with Crippen molar-refractivity contribution < 1.29 is 22.7 Å². The minimum Gasteiger partial charge on any atom is -0.493 e. The highest BCUT2D eigenvalue weighted by molar-refractivity contribution is 8.18. The van der Waals surface area contributed by atoms with Gasteiger partial charge < -0.3 is 4.74 Å². The van der Waals surface area contributed by atoms with Gasteiger partial charge in [-0.15, -0.1) is 0 Å². The van der Waals surface area contributed by atoms with E-state index >= 15 is 0 Å². The predicted octanol–water partition coefficient (Wildman–Crippen LogP) is 2.26. The summed E-state index contributed by atoms with van der Waals surface area (Å²) < 4.78 is 29.7. The summed E-state index contributed by atoms with van der Waals surface area (Å²) in [7, 11) is -3.49. The third kappa shape index (κ3) is 4.50. The molecule has 1 fully saturated rings. The number of ether oxygens (including phenoxy) is 1. The molecule has 134 valence electrons. The number of nitrogens with one attached hydrogen (secondary N) is 1. The molecule has 0 bridgehead atoms. The SMILES string of the molecule is O=C1NC(=O)C(=Cc2ccc(OCCS(=O)(=O)c3ccccn3)cc2)S1. The number of carbonyl (C=O) groups is 2. The Kier molecular flexibility index (Phi) is 5.38. The van der Waals surface area contributed by atoms with Crippen LogP contribution in [0, 0.1) is 0 Å². The molecular weight excluding hydrogens is 376 g/mol. The number of carbonyl (C=O) groups excluding carboxylic acids is 2. The second-order valence-corrected chi connectivity index (χ2v) is 8.33. The Morgan fingerprint density at radius 1 is 1.12 bits per heavy atom. The van der Waals surface area contributed by atoms with Gasteiger partial charge >= 0.3 is 0 Å². The lowest BCUT2D eigenvalue weighted by molar-refractivity contribution is -0.115. The fraction of sp³-hybridized carbons (Fsp3) is 0.118. The van der Waals surface area contributed by atoms with Crippen molar-refractivity contribution in [3.63, 3.8) is 0 Å². The molecule has 1 aliphatic rings. The summed E-state index contributed by atoms with van der Waals surface area (Å²) in [6, 6.07) is 11.5. The van der Waals surface area contributed by atoms with Crippen LogP contribution in [-0.4, -0.2) is 36.9 Å². The summed E-state index contributed by atoms with van der Waals surface area (Å²) in [5.74, 6) is -0.0996. The molecule has 0 radical (unpaired) electrons. The molecule has 7 nitrogen and oxygen atoms in total. The van der Waals surface area contributed by atoms with Crippen LogP contribution in [0.4, 0.5) is 4.79 Å². The highest BCUT2D eigenvalue weighted by atomic mass is 32.2. The summed E-state index contributed by atoms with van der Waals surface area (Å²) in [5.41, 5.74) is 0.728. The van der Waals surface area contributed by atoms with Crippen molar-refractivity contribution in [3.8, 4) is 5.75 Å². The van der Waals surface area contributed by atoms with Crippen LogP contribution in [-0.2, 0) is 14.6 Å². The minimum absolute atomic E-state index is 0.00783. The van der Waals surface area contributed by atoms with E-state index in [1.807, 2.05) is 0 Å². The number of thioether (sulfide) groups is 1. The number of aromatic nitrogens is 1. The number of rotatable bonds is 6. The van der Waals surface area contributed by atoms with E-state index in [0.717, 1.165) is 17.3 Å². The highest BCUT2D eigenvalue weighted by Gasteiger charge is 2.24. The van der Waals surface area contributed by atoms with E-state index in [1.165, 1.54) is 12.3 Å². The smallest absolute Gasteiger partial charge is 0.290 e. The third-order valence-electron chi connectivity index (χ3n) is 3.40. The van der Waals surface area contributed by atoms with Crippen LogP contribution >= 0.6 is 11.8 Å². The van der Waals surface area contributed by atoms with Gasteiger partial charge in [-0.05, 0) is 47.7 Å². The Morgan fingerprint density at radius 2 is 1.88 bits per heavy atom. The number of benzene rings is 1. The van der Waals surface area contributed by atoms with E-state index in [0.29, 0.717) is 10.7 Å². The van der Waals surface area contributed by atoms with Gasteiger partial charge in [-0.2, -0.15) is 0 Å². The molecule has 0 saturated carbocycles. The van der Waals surface area contributed by atoms with Crippen molar-refractivity contribution in [3.05, 3.63) is 59.1 Å². The Hall–Kier alpha value is -2.65. The second kappa shape index (κ2) is 7.71. The molecule has 0 spiro atoms. The lowest BCUT2D eigenvalue weighted by atomic mass is 10.2. The van der Waals surface area contributed by atoms with E-state index in [2.05, 4.69) is 10.3 Å². The average molecular weight is 390 g/mol. The molecule has 3 rings (SSSR count). The maximum Gasteiger partial charge on any atom is 0.290 e. The first kappa shape index (κ1) is 18.2. The lowest BCUT2D eigenvalue weighted by Gasteiger charge is -2.07. The summed E-state index contributed by atoms with van der Waals surface area (Å²) in [5, 5.41) is 1.81. The first-order chi connectivity index (χ1) is 12.4. The normalized spacial score (nSPS) is 15.9. The van der Waals surface area contributed by atoms with Crippen LogP contribution in [0.15, 0.2) is 58.6 Å². The van der Waals surface area contributed by atoms with Gasteiger partial charge in [0.2, 0.25) is 0 Å². The Balaban J connectivity index is 1.58. The van der Waals surface area contributed by atoms with Gasteiger partial charge in [0.05, 0.1) is 10.7 Å². The molecule has 26 heavy (non-hydrogen) atoms. The van der Waals surface area contributed by atoms with Gasteiger partial charge in [0.1, 0.15) is 12.4 Å². The van der Waals surface area contributed by atoms with E-state index < -0.39 is 21.0 Å². The summed E-state index contributed by atoms with van der Waals surface area (Å²) in [4.78, 5) is 26.8. The molecule has 0 atom stereocenters. The van der Waals surface area contributed by atoms with Crippen molar-refractivity contribution in [2.75, 3.05) is 12.4 Å². The topological polar surface area (TPSA) is 102 Å². The van der Waals surface area contributed by atoms with Crippen LogP contribution in [0.2, 0.25) is 0 Å². The molecule has 2 aromatic rings. The van der Waals surface area contributed by atoms with Gasteiger partial charge in [-0.1, -0.05) is 18.2 Å². The van der Waals surface area contributed by atoms with E-state index in [-0.39, 0.29) is 17.4 Å². The van der Waals surface area contributed by atoms with Crippen LogP contribution in [0.25, 0.3) is 6.08 Å². The Labute approximate surface area is 154 Å². The maximum absolute atomic E-state index is 12.1. The van der Waals surface area contributed by atoms with E-state index in [4.69, 9.17) is 4.74 Å². The minimum atomic E-state index is -3.49. The van der Waals surface area contributed by atoms with Gasteiger partial charge in [-0.3, -0.25) is 14.9 Å². The summed E-state index contributed by atoms with van der Waals surface area (Å²) in [6.07, 6.45) is 3.03. The maximum atomic E-state index is 12.1. The standard InChI is InChI=1S/C17H14N2O5S2/c20-16-14(25-17(21)19-16)11-12-4-6-13(7-5-12)24-9-10-26(22,23)15-3-1-2-8-18-15/h1-8,11H,9-10H2,(H,19,20,21). The molecule has 0 aliphatic carbocycles. The fourth-order valence-electron chi connectivity index (χ4n) is 2.14. The first-order valence-electron chi connectivity index (χ1n) is 7.55. The van der Waals surface area contributed by atoms with Gasteiger partial charge in [-0.25, -0.2) is 13.4 Å². The Morgan fingerprint density at radius 3 is 2.50 bits per heavy atom. The second-order valence-electron chi connectivity index (χ2n) is 5.26. The van der Waals surface area contributed by atoms with Crippen molar-refractivity contribution in [1.82, 2.24) is 10.3 Å². The monoisotopic (exact) mass is 390 g/mol. The number of imide groups is 1. The first-order valence-corrected chi connectivity index (χ1v) is 10.0. The Bertz CT molecular complexity index is 954. The number of amides is 2. The van der Waals surface area contributed by atoms with E-state index in [1.54, 1.807) is 42.5 Å². The van der Waals surface area contributed by atoms with Crippen LogP contribution in [0.3, 0.4) is 0 Å². The van der Waals surface area contributed by atoms with E-state index in [9.17, 15) is 18.0 Å². The molecule has 1 aromatic carbocycles. The average Bonchev–Trinajstić information content (AvgIpc) is 2.94. The molecule has 2 heterocycles. The molecule has 2 amide bonds. The zero-order chi connectivity index (χ0) is 18.6. The third-order valence-corrected chi connectivity index (χ3v) is 5.79. The largest absolute Gasteiger partial charge is 0.493 e. The molecule has 9 heteroatoms. The molecule has 0 unspecified atom stereocenters. The fourth-order valence-corrected chi connectivity index (χ4v) is 3.84. The summed E-state index contributed by atoms with van der Waals surface area (Å²) in [6.45, 7) is -0.00783. The zero-order valence-corrected chi connectivity index (χ0v) is 15.0. The van der Waals surface area contributed by atoms with Gasteiger partial charge in [0.15, 0.2) is 14.9 Å². The number of hydrogen-bond acceptors (Lipinski definition) is 7. The number of pyridine rings is 1. The molecular formula is C17H14N2O5S2. The predicted molar refractivity (Wildman–Crippen MR) is 97.3 cm³/mol. The van der Waals surface area contributed by atoms with Crippen LogP contribution < -0.4 is 10.1 Å². The highest BCUT2D eigenvalue weighted by Crippen LogP contribution is 2.26. The van der Waals surface area contributed by atoms with Gasteiger partial charge in [0.25, 0.3) is 11.1 Å². The molecule has 1 N–H and O–H groups in total. The van der Waals surface area contributed by atoms with Gasteiger partial charge in [0, 0.05) is 6.20 Å². The number of nitrogens with zero attached hydrogens (tertiary/aromatic N) is 1. The molecule has 1 aromatic heterocycles. The van der Waals surface area contributed by atoms with Crippen LogP contribution in [0.5, 0.6) is 5.75 Å². The van der Waals surface area contributed by atoms with Crippen molar-refractivity contribution in [1.29, 1.82) is 0 Å². The lowest BCUT2D eigenvalue weighted by Crippen LogP contribution is -2.17. The van der Waals surface area contributed by atoms with Crippen molar-refractivity contribution in [2.24, 2.45) is 0 Å². The summed E-state index contributed by atoms with van der Waals surface area (Å²) >= 11 is 0.845. The quantitative estimate of drug-likeness (QED) is 0.755. The molecule has 1 saturated heterocycles. The van der Waals surface area contributed by atoms with Crippen LogP contribution in [0.1, 0.15) is 5.56 Å². The van der Waals surface area contributed by atoms with Crippen molar-refractivity contribution >= 4 is 38.8 Å².